The van der Waals surface area contributed by atoms with Gasteiger partial charge in [0.15, 0.2) is 12.4 Å². The number of carbonyl (C=O) groups is 2. The van der Waals surface area contributed by atoms with E-state index in [0.717, 1.165) is 6.92 Å². The molecule has 0 bridgehead atoms. The molecule has 0 aromatic rings. The molecule has 1 saturated heterocycles. The fraction of sp³-hybridized carbons (Fsp3) is 0.818. The maximum atomic E-state index is 10.7. The van der Waals surface area contributed by atoms with Gasteiger partial charge in [0.1, 0.15) is 24.9 Å². The Morgan fingerprint density at radius 1 is 1.15 bits per heavy atom. The van der Waals surface area contributed by atoms with Crippen LogP contribution in [0.2, 0.25) is 0 Å². The molecule has 0 aliphatic carbocycles. The average molecular weight is 294 g/mol. The quantitative estimate of drug-likeness (QED) is 0.354. The van der Waals surface area contributed by atoms with Crippen LogP contribution in [0.15, 0.2) is 0 Å². The van der Waals surface area contributed by atoms with Crippen LogP contribution < -0.4 is 0 Å². The molecule has 116 valence electrons. The molecule has 0 amide bonds. The van der Waals surface area contributed by atoms with Crippen LogP contribution in [0, 0.1) is 0 Å². The zero-order valence-electron chi connectivity index (χ0n) is 11.3. The molecule has 1 aliphatic rings. The van der Waals surface area contributed by atoms with Crippen molar-refractivity contribution in [3.63, 3.8) is 0 Å². The van der Waals surface area contributed by atoms with Gasteiger partial charge in [-0.15, -0.1) is 0 Å². The van der Waals surface area contributed by atoms with Gasteiger partial charge in [0, 0.05) is 21.0 Å². The molecule has 0 aromatic carbocycles. The van der Waals surface area contributed by atoms with E-state index in [4.69, 9.17) is 14.2 Å². The highest BCUT2D eigenvalue weighted by Crippen LogP contribution is 2.24. The molecule has 1 heterocycles. The largest absolute Gasteiger partial charge is 0.463 e. The fourth-order valence-electron chi connectivity index (χ4n) is 1.66. The van der Waals surface area contributed by atoms with Gasteiger partial charge < -0.3 is 24.4 Å². The van der Waals surface area contributed by atoms with Gasteiger partial charge in [-0.2, -0.15) is 4.89 Å². The third-order valence-electron chi connectivity index (χ3n) is 2.60. The lowest BCUT2D eigenvalue weighted by molar-refractivity contribution is -0.385. The van der Waals surface area contributed by atoms with Crippen LogP contribution in [0.3, 0.4) is 0 Å². The Labute approximate surface area is 115 Å². The lowest BCUT2D eigenvalue weighted by Gasteiger charge is -2.40. The third-order valence-corrected chi connectivity index (χ3v) is 2.60. The van der Waals surface area contributed by atoms with Crippen LogP contribution in [-0.2, 0) is 33.6 Å². The summed E-state index contributed by atoms with van der Waals surface area (Å²) in [5.74, 6) is -1.29. The smallest absolute Gasteiger partial charge is 0.339 e. The summed E-state index contributed by atoms with van der Waals surface area (Å²) in [4.78, 5) is 30.4. The molecule has 0 spiro atoms. The highest BCUT2D eigenvalue weighted by molar-refractivity contribution is 5.66. The number of aliphatic hydroxyl groups excluding tert-OH is 2. The van der Waals surface area contributed by atoms with Crippen LogP contribution in [0.25, 0.3) is 0 Å². The first-order valence-corrected chi connectivity index (χ1v) is 5.88. The number of methoxy groups -OCH3 is 1. The van der Waals surface area contributed by atoms with Crippen molar-refractivity contribution in [2.45, 2.75) is 44.6 Å². The van der Waals surface area contributed by atoms with Crippen molar-refractivity contribution >= 4 is 11.9 Å². The fourth-order valence-corrected chi connectivity index (χ4v) is 1.66. The predicted molar refractivity (Wildman–Crippen MR) is 61.0 cm³/mol. The molecule has 0 saturated carbocycles. The van der Waals surface area contributed by atoms with E-state index in [1.807, 2.05) is 0 Å². The summed E-state index contributed by atoms with van der Waals surface area (Å²) in [5.41, 5.74) is 0. The van der Waals surface area contributed by atoms with Gasteiger partial charge in [0.2, 0.25) is 0 Å². The van der Waals surface area contributed by atoms with Gasteiger partial charge in [-0.05, 0) is 0 Å². The van der Waals surface area contributed by atoms with Crippen molar-refractivity contribution in [1.82, 2.24) is 0 Å². The Hall–Kier alpha value is -1.26. The Kier molecular flexibility index (Phi) is 6.30. The summed E-state index contributed by atoms with van der Waals surface area (Å²) in [6.45, 7) is 2.05. The normalized spacial score (nSPS) is 33.5. The number of carbonyl (C=O) groups excluding carboxylic acids is 2. The zero-order chi connectivity index (χ0) is 15.3. The van der Waals surface area contributed by atoms with Crippen molar-refractivity contribution in [2.75, 3.05) is 13.7 Å². The minimum atomic E-state index is -1.45. The van der Waals surface area contributed by atoms with Crippen LogP contribution in [0.5, 0.6) is 0 Å². The Morgan fingerprint density at radius 3 is 2.30 bits per heavy atom. The second kappa shape index (κ2) is 7.50. The van der Waals surface area contributed by atoms with E-state index in [-0.39, 0.29) is 6.61 Å². The number of hydrogen-bond donors (Lipinski definition) is 2. The van der Waals surface area contributed by atoms with E-state index in [9.17, 15) is 19.8 Å². The van der Waals surface area contributed by atoms with E-state index < -0.39 is 42.6 Å². The zero-order valence-corrected chi connectivity index (χ0v) is 11.3. The molecule has 2 N–H and O–H groups in total. The van der Waals surface area contributed by atoms with Crippen molar-refractivity contribution in [3.05, 3.63) is 0 Å². The van der Waals surface area contributed by atoms with Crippen molar-refractivity contribution in [1.29, 1.82) is 0 Å². The van der Waals surface area contributed by atoms with Crippen LogP contribution in [-0.4, -0.2) is 66.6 Å². The number of ether oxygens (including phenoxy) is 3. The first kappa shape index (κ1) is 16.8. The minimum absolute atomic E-state index is 0.256. The summed E-state index contributed by atoms with van der Waals surface area (Å²) >= 11 is 0. The van der Waals surface area contributed by atoms with E-state index >= 15 is 0 Å². The van der Waals surface area contributed by atoms with Crippen LogP contribution in [0.4, 0.5) is 0 Å². The summed E-state index contributed by atoms with van der Waals surface area (Å²) in [5, 5.41) is 19.8. The van der Waals surface area contributed by atoms with Gasteiger partial charge >= 0.3 is 11.9 Å². The number of hydrogen-bond acceptors (Lipinski definition) is 9. The molecule has 9 nitrogen and oxygen atoms in total. The number of aliphatic hydroxyl groups is 2. The maximum Gasteiger partial charge on any atom is 0.339 e. The van der Waals surface area contributed by atoms with E-state index in [0.29, 0.717) is 0 Å². The summed E-state index contributed by atoms with van der Waals surface area (Å²) in [6.07, 6.45) is -6.17. The van der Waals surface area contributed by atoms with Gasteiger partial charge in [0.25, 0.3) is 0 Å². The molecule has 5 atom stereocenters. The third kappa shape index (κ3) is 4.39. The lowest BCUT2D eigenvalue weighted by atomic mass is 9.99. The second-order valence-corrected chi connectivity index (χ2v) is 4.20. The molecule has 1 aliphatic heterocycles. The first-order chi connectivity index (χ1) is 9.36. The van der Waals surface area contributed by atoms with E-state index in [2.05, 4.69) is 9.78 Å². The maximum absolute atomic E-state index is 10.7. The summed E-state index contributed by atoms with van der Waals surface area (Å²) < 4.78 is 14.9. The Bertz CT molecular complexity index is 343. The Morgan fingerprint density at radius 2 is 1.80 bits per heavy atom. The van der Waals surface area contributed by atoms with E-state index in [1.54, 1.807) is 0 Å². The predicted octanol–water partition coefficient (Wildman–Crippen LogP) is -1.49. The molecule has 5 unspecified atom stereocenters. The molecule has 9 heteroatoms. The molecule has 1 fully saturated rings. The summed E-state index contributed by atoms with van der Waals surface area (Å²) in [6, 6.07) is 0. The molecule has 1 rings (SSSR count). The number of esters is 1. The molecule has 20 heavy (non-hydrogen) atoms. The van der Waals surface area contributed by atoms with Crippen molar-refractivity contribution < 1.29 is 43.8 Å². The molecule has 0 radical (unpaired) electrons. The molecular weight excluding hydrogens is 276 g/mol. The minimum Gasteiger partial charge on any atom is -0.463 e. The first-order valence-electron chi connectivity index (χ1n) is 5.88. The van der Waals surface area contributed by atoms with Gasteiger partial charge in [-0.3, -0.25) is 9.68 Å². The summed E-state index contributed by atoms with van der Waals surface area (Å²) in [7, 11) is 1.28. The lowest BCUT2D eigenvalue weighted by Crippen LogP contribution is -2.60. The van der Waals surface area contributed by atoms with Crippen molar-refractivity contribution in [2.24, 2.45) is 0 Å². The average Bonchev–Trinajstić information content (AvgIpc) is 2.38. The highest BCUT2D eigenvalue weighted by Gasteiger charge is 2.47. The SMILES string of the molecule is COC1OC(COC(C)=O)C(O)C(O)C1OOC(C)=O. The molecular formula is C11H18O9. The van der Waals surface area contributed by atoms with Crippen molar-refractivity contribution in [3.8, 4) is 0 Å². The monoisotopic (exact) mass is 294 g/mol. The van der Waals surface area contributed by atoms with E-state index in [1.165, 1.54) is 14.0 Å². The number of rotatable bonds is 5. The standard InChI is InChI=1S/C11H18O9/c1-5(12)17-4-7-8(14)9(15)10(11(16-3)18-7)20-19-6(2)13/h7-11,14-15H,4H2,1-3H3. The molecule has 0 aromatic heterocycles. The van der Waals surface area contributed by atoms with Crippen LogP contribution in [0.1, 0.15) is 13.8 Å². The van der Waals surface area contributed by atoms with Gasteiger partial charge in [0.05, 0.1) is 0 Å². The topological polar surface area (TPSA) is 121 Å². The second-order valence-electron chi connectivity index (χ2n) is 4.20. The highest BCUT2D eigenvalue weighted by atomic mass is 17.2. The van der Waals surface area contributed by atoms with Gasteiger partial charge in [-0.1, -0.05) is 0 Å². The van der Waals surface area contributed by atoms with Crippen LogP contribution >= 0.6 is 0 Å². The Balaban J connectivity index is 2.67. The van der Waals surface area contributed by atoms with Gasteiger partial charge in [-0.25, -0.2) is 4.79 Å².